The van der Waals surface area contributed by atoms with Crippen LogP contribution in [0.2, 0.25) is 0 Å². The second kappa shape index (κ2) is 7.92. The van der Waals surface area contributed by atoms with Gasteiger partial charge in [0.25, 0.3) is 0 Å². The average Bonchev–Trinajstić information content (AvgIpc) is 2.72. The van der Waals surface area contributed by atoms with Gasteiger partial charge in [0.1, 0.15) is 0 Å². The second-order valence-electron chi connectivity index (χ2n) is 7.51. The van der Waals surface area contributed by atoms with Crippen LogP contribution in [0.3, 0.4) is 0 Å². The van der Waals surface area contributed by atoms with E-state index < -0.39 is 11.7 Å². The van der Waals surface area contributed by atoms with Crippen LogP contribution in [0.1, 0.15) is 30.4 Å². The maximum Gasteiger partial charge on any atom is 0.416 e. The lowest BCUT2D eigenvalue weighted by Gasteiger charge is -2.23. The summed E-state index contributed by atoms with van der Waals surface area (Å²) >= 11 is 0. The van der Waals surface area contributed by atoms with E-state index in [1.54, 1.807) is 6.07 Å². The van der Waals surface area contributed by atoms with Gasteiger partial charge in [-0.25, -0.2) is 4.98 Å². The van der Waals surface area contributed by atoms with E-state index in [4.69, 9.17) is 0 Å². The first-order valence-corrected chi connectivity index (χ1v) is 9.78. The molecule has 28 heavy (non-hydrogen) atoms. The number of nitrogens with one attached hydrogen (secondary N) is 1. The van der Waals surface area contributed by atoms with E-state index in [0.29, 0.717) is 17.2 Å². The van der Waals surface area contributed by atoms with Crippen LogP contribution in [-0.2, 0) is 12.6 Å². The number of nitrogens with zero attached hydrogens (tertiary/aromatic N) is 1. The molecule has 0 spiro atoms. The van der Waals surface area contributed by atoms with Crippen molar-refractivity contribution < 1.29 is 13.2 Å². The highest BCUT2D eigenvalue weighted by molar-refractivity contribution is 5.85. The number of piperidine rings is 1. The van der Waals surface area contributed by atoms with Crippen molar-refractivity contribution in [2.45, 2.75) is 31.9 Å². The van der Waals surface area contributed by atoms with Crippen molar-refractivity contribution in [1.82, 2.24) is 10.3 Å². The quantitative estimate of drug-likeness (QED) is 0.610. The molecule has 0 saturated carbocycles. The molecule has 1 atom stereocenters. The maximum absolute atomic E-state index is 13.1. The highest BCUT2D eigenvalue weighted by Gasteiger charge is 2.30. The monoisotopic (exact) mass is 384 g/mol. The van der Waals surface area contributed by atoms with Crippen molar-refractivity contribution in [3.8, 4) is 11.3 Å². The minimum atomic E-state index is -4.36. The minimum absolute atomic E-state index is 0.501. The van der Waals surface area contributed by atoms with E-state index in [-0.39, 0.29) is 0 Å². The Bertz CT molecular complexity index is 959. The van der Waals surface area contributed by atoms with Gasteiger partial charge >= 0.3 is 6.18 Å². The summed E-state index contributed by atoms with van der Waals surface area (Å²) in [6.45, 7) is 2.14. The molecular formula is C23H23F3N2. The van der Waals surface area contributed by atoms with Crippen LogP contribution < -0.4 is 5.32 Å². The maximum atomic E-state index is 13.1. The van der Waals surface area contributed by atoms with Gasteiger partial charge in [0, 0.05) is 10.9 Å². The van der Waals surface area contributed by atoms with Crippen molar-refractivity contribution in [3.05, 3.63) is 65.7 Å². The molecule has 1 N–H and O–H groups in total. The third kappa shape index (κ3) is 4.20. The van der Waals surface area contributed by atoms with Gasteiger partial charge in [-0.05, 0) is 74.5 Å². The van der Waals surface area contributed by atoms with Crippen LogP contribution in [-0.4, -0.2) is 18.1 Å². The Morgan fingerprint density at radius 2 is 1.89 bits per heavy atom. The number of halogens is 3. The summed E-state index contributed by atoms with van der Waals surface area (Å²) in [4.78, 5) is 4.64. The molecule has 1 aliphatic heterocycles. The van der Waals surface area contributed by atoms with E-state index in [0.717, 1.165) is 48.5 Å². The fraction of sp³-hybridized carbons (Fsp3) is 0.348. The first-order valence-electron chi connectivity index (χ1n) is 9.78. The third-order valence-electron chi connectivity index (χ3n) is 5.51. The van der Waals surface area contributed by atoms with E-state index in [1.807, 2.05) is 30.3 Å². The summed E-state index contributed by atoms with van der Waals surface area (Å²) in [5.41, 5.74) is 2.44. The lowest BCUT2D eigenvalue weighted by Crippen LogP contribution is -2.29. The van der Waals surface area contributed by atoms with Crippen LogP contribution in [0.4, 0.5) is 13.2 Å². The zero-order chi connectivity index (χ0) is 19.6. The van der Waals surface area contributed by atoms with E-state index in [1.165, 1.54) is 25.0 Å². The Morgan fingerprint density at radius 1 is 1.04 bits per heavy atom. The van der Waals surface area contributed by atoms with Gasteiger partial charge in [-0.3, -0.25) is 0 Å². The van der Waals surface area contributed by atoms with Crippen LogP contribution >= 0.6 is 0 Å². The van der Waals surface area contributed by atoms with Crippen LogP contribution in [0, 0.1) is 5.92 Å². The lowest BCUT2D eigenvalue weighted by atomic mass is 9.91. The molecule has 0 bridgehead atoms. The van der Waals surface area contributed by atoms with Gasteiger partial charge in [-0.1, -0.05) is 30.3 Å². The van der Waals surface area contributed by atoms with Gasteiger partial charge in [-0.15, -0.1) is 0 Å². The number of hydrogen-bond donors (Lipinski definition) is 1. The molecule has 3 aromatic rings. The zero-order valence-corrected chi connectivity index (χ0v) is 15.6. The number of alkyl halides is 3. The molecule has 2 heterocycles. The molecule has 0 amide bonds. The lowest BCUT2D eigenvalue weighted by molar-refractivity contribution is -0.137. The highest BCUT2D eigenvalue weighted by atomic mass is 19.4. The fourth-order valence-corrected chi connectivity index (χ4v) is 3.99. The molecule has 1 saturated heterocycles. The van der Waals surface area contributed by atoms with Gasteiger partial charge in [0.05, 0.1) is 16.8 Å². The minimum Gasteiger partial charge on any atom is -0.316 e. The molecule has 2 aromatic carbocycles. The standard InChI is InChI=1S/C23H23F3N2/c24-23(25,26)19-7-3-6-18(13-19)22-14-17(11-10-16-5-4-12-27-15-16)20-8-1-2-9-21(20)28-22/h1-3,6-9,13-14,16,27H,4-5,10-12,15H2. The average molecular weight is 384 g/mol. The van der Waals surface area contributed by atoms with Crippen molar-refractivity contribution in [2.75, 3.05) is 13.1 Å². The topological polar surface area (TPSA) is 24.9 Å². The smallest absolute Gasteiger partial charge is 0.316 e. The normalized spacial score (nSPS) is 17.8. The summed E-state index contributed by atoms with van der Waals surface area (Å²) in [6, 6.07) is 15.3. The Balaban J connectivity index is 1.69. The fourth-order valence-electron chi connectivity index (χ4n) is 3.99. The number of rotatable bonds is 4. The Morgan fingerprint density at radius 3 is 2.68 bits per heavy atom. The molecule has 4 rings (SSSR count). The Kier molecular flexibility index (Phi) is 5.36. The molecule has 146 valence electrons. The number of pyridine rings is 1. The van der Waals surface area contributed by atoms with Gasteiger partial charge in [0.15, 0.2) is 0 Å². The second-order valence-corrected chi connectivity index (χ2v) is 7.51. The van der Waals surface area contributed by atoms with E-state index >= 15 is 0 Å². The molecule has 1 fully saturated rings. The molecule has 0 aliphatic carbocycles. The molecule has 1 aliphatic rings. The number of benzene rings is 2. The zero-order valence-electron chi connectivity index (χ0n) is 15.6. The van der Waals surface area contributed by atoms with Crippen molar-refractivity contribution in [2.24, 2.45) is 5.92 Å². The van der Waals surface area contributed by atoms with Gasteiger partial charge in [0.2, 0.25) is 0 Å². The molecule has 2 nitrogen and oxygen atoms in total. The van der Waals surface area contributed by atoms with Crippen molar-refractivity contribution in [3.63, 3.8) is 0 Å². The summed E-state index contributed by atoms with van der Waals surface area (Å²) in [5, 5.41) is 4.53. The molecule has 1 unspecified atom stereocenters. The van der Waals surface area contributed by atoms with E-state index in [9.17, 15) is 13.2 Å². The van der Waals surface area contributed by atoms with Crippen LogP contribution in [0.5, 0.6) is 0 Å². The van der Waals surface area contributed by atoms with Crippen LogP contribution in [0.25, 0.3) is 22.2 Å². The van der Waals surface area contributed by atoms with Gasteiger partial charge in [-0.2, -0.15) is 13.2 Å². The number of hydrogen-bond acceptors (Lipinski definition) is 2. The number of aryl methyl sites for hydroxylation is 1. The van der Waals surface area contributed by atoms with Gasteiger partial charge < -0.3 is 5.32 Å². The summed E-state index contributed by atoms with van der Waals surface area (Å²) in [5.74, 6) is 0.651. The number of fused-ring (bicyclic) bond motifs is 1. The first kappa shape index (κ1) is 18.9. The van der Waals surface area contributed by atoms with E-state index in [2.05, 4.69) is 10.3 Å². The van der Waals surface area contributed by atoms with Crippen LogP contribution in [0.15, 0.2) is 54.6 Å². The van der Waals surface area contributed by atoms with Crippen molar-refractivity contribution in [1.29, 1.82) is 0 Å². The molecular weight excluding hydrogens is 361 g/mol. The summed E-state index contributed by atoms with van der Waals surface area (Å²) < 4.78 is 39.3. The Labute approximate surface area is 162 Å². The first-order chi connectivity index (χ1) is 13.5. The molecule has 1 aromatic heterocycles. The SMILES string of the molecule is FC(F)(F)c1cccc(-c2cc(CCC3CCCNC3)c3ccccc3n2)c1. The predicted octanol–water partition coefficient (Wildman–Crippen LogP) is 5.85. The molecule has 0 radical (unpaired) electrons. The number of aromatic nitrogens is 1. The third-order valence-corrected chi connectivity index (χ3v) is 5.51. The number of para-hydroxylation sites is 1. The highest BCUT2D eigenvalue weighted by Crippen LogP contribution is 2.33. The Hall–Kier alpha value is -2.40. The van der Waals surface area contributed by atoms with Crippen molar-refractivity contribution >= 4 is 10.9 Å². The largest absolute Gasteiger partial charge is 0.416 e. The predicted molar refractivity (Wildman–Crippen MR) is 106 cm³/mol. The summed E-state index contributed by atoms with van der Waals surface area (Å²) in [7, 11) is 0. The summed E-state index contributed by atoms with van der Waals surface area (Å²) in [6.07, 6.45) is 0.0573. The molecule has 5 heteroatoms.